The first-order chi connectivity index (χ1) is 14.5. The molecule has 0 amide bonds. The van der Waals surface area contributed by atoms with Crippen LogP contribution in [0.3, 0.4) is 0 Å². The number of ether oxygens (including phenoxy) is 1. The Morgan fingerprint density at radius 1 is 1.20 bits per heavy atom. The van der Waals surface area contributed by atoms with Crippen LogP contribution < -0.4 is 14.5 Å². The second kappa shape index (κ2) is 7.83. The van der Waals surface area contributed by atoms with Crippen LogP contribution in [0.15, 0.2) is 42.6 Å². The monoisotopic (exact) mass is 407 g/mol. The number of hydrogen-bond donors (Lipinski definition) is 0. The summed E-state index contributed by atoms with van der Waals surface area (Å²) in [5.74, 6) is -0.807. The molecular formula is C21H18FN5O3. The van der Waals surface area contributed by atoms with E-state index in [-0.39, 0.29) is 11.4 Å². The zero-order chi connectivity index (χ0) is 21.3. The molecule has 0 bridgehead atoms. The van der Waals surface area contributed by atoms with E-state index in [1.165, 1.54) is 13.2 Å². The molecule has 0 aliphatic carbocycles. The number of aromatic nitrogens is 1. The lowest BCUT2D eigenvalue weighted by molar-refractivity contribution is -0.384. The van der Waals surface area contributed by atoms with Crippen molar-refractivity contribution in [2.24, 2.45) is 0 Å². The third-order valence-electron chi connectivity index (χ3n) is 5.25. The lowest BCUT2D eigenvalue weighted by Gasteiger charge is -2.37. The number of anilines is 2. The number of nitro benzene ring substituents is 1. The van der Waals surface area contributed by atoms with Gasteiger partial charge in [0.15, 0.2) is 11.6 Å². The minimum atomic E-state index is -0.770. The molecule has 0 spiro atoms. The predicted octanol–water partition coefficient (Wildman–Crippen LogP) is 3.49. The van der Waals surface area contributed by atoms with E-state index >= 15 is 0 Å². The van der Waals surface area contributed by atoms with Gasteiger partial charge in [-0.05, 0) is 6.07 Å². The van der Waals surface area contributed by atoms with Gasteiger partial charge in [-0.15, -0.1) is 0 Å². The Bertz CT molecular complexity index is 1170. The first-order valence-corrected chi connectivity index (χ1v) is 9.33. The number of fused-ring (bicyclic) bond motifs is 1. The number of nitrogens with zero attached hydrogens (tertiary/aromatic N) is 5. The van der Waals surface area contributed by atoms with Gasteiger partial charge in [0.2, 0.25) is 0 Å². The van der Waals surface area contributed by atoms with E-state index < -0.39 is 10.7 Å². The number of rotatable bonds is 4. The first kappa shape index (κ1) is 19.4. The minimum Gasteiger partial charge on any atom is -0.494 e. The van der Waals surface area contributed by atoms with Crippen LogP contribution in [0.2, 0.25) is 0 Å². The van der Waals surface area contributed by atoms with Crippen molar-refractivity contribution in [3.05, 3.63) is 64.1 Å². The lowest BCUT2D eigenvalue weighted by Crippen LogP contribution is -2.47. The molecule has 4 rings (SSSR count). The average Bonchev–Trinajstić information content (AvgIpc) is 2.78. The quantitative estimate of drug-likeness (QED) is 0.482. The summed E-state index contributed by atoms with van der Waals surface area (Å²) in [4.78, 5) is 19.1. The van der Waals surface area contributed by atoms with Crippen LogP contribution in [0, 0.1) is 27.3 Å². The molecule has 0 atom stereocenters. The summed E-state index contributed by atoms with van der Waals surface area (Å²) in [5, 5.41) is 21.9. The molecule has 0 unspecified atom stereocenters. The van der Waals surface area contributed by atoms with Gasteiger partial charge < -0.3 is 14.5 Å². The van der Waals surface area contributed by atoms with Crippen molar-refractivity contribution >= 4 is 28.0 Å². The van der Waals surface area contributed by atoms with Crippen molar-refractivity contribution in [1.29, 1.82) is 5.26 Å². The van der Waals surface area contributed by atoms with Gasteiger partial charge in [-0.1, -0.05) is 18.2 Å². The summed E-state index contributed by atoms with van der Waals surface area (Å²) in [6.07, 6.45) is 1.57. The molecule has 0 N–H and O–H groups in total. The molecule has 1 aromatic heterocycles. The number of nitro groups is 1. The summed E-state index contributed by atoms with van der Waals surface area (Å²) in [7, 11) is 1.32. The molecular weight excluding hydrogens is 389 g/mol. The van der Waals surface area contributed by atoms with Crippen molar-refractivity contribution in [2.45, 2.75) is 0 Å². The molecule has 9 heteroatoms. The van der Waals surface area contributed by atoms with Crippen molar-refractivity contribution in [3.63, 3.8) is 0 Å². The molecule has 3 aromatic rings. The number of nitriles is 1. The fourth-order valence-corrected chi connectivity index (χ4v) is 3.81. The highest BCUT2D eigenvalue weighted by molar-refractivity contribution is 5.94. The molecule has 2 heterocycles. The van der Waals surface area contributed by atoms with Gasteiger partial charge in [-0.3, -0.25) is 15.1 Å². The summed E-state index contributed by atoms with van der Waals surface area (Å²) in [6.45, 7) is 2.02. The average molecular weight is 407 g/mol. The van der Waals surface area contributed by atoms with E-state index in [0.29, 0.717) is 37.4 Å². The van der Waals surface area contributed by atoms with Crippen LogP contribution in [-0.2, 0) is 0 Å². The minimum absolute atomic E-state index is 0.0371. The maximum Gasteiger partial charge on any atom is 0.295 e. The summed E-state index contributed by atoms with van der Waals surface area (Å²) >= 11 is 0. The predicted molar refractivity (Wildman–Crippen MR) is 110 cm³/mol. The Morgan fingerprint density at radius 2 is 1.90 bits per heavy atom. The number of benzene rings is 2. The van der Waals surface area contributed by atoms with Crippen molar-refractivity contribution in [2.75, 3.05) is 43.1 Å². The molecule has 1 aliphatic rings. The standard InChI is InChI=1S/C21H18FN5O3/c1-30-20-11-18(19(27(28)29)10-16(20)22)25-6-8-26(9-7-25)21-14(12-23)13-24-17-5-3-2-4-15(17)21/h2-5,10-11,13H,6-9H2,1H3. The Kier molecular flexibility index (Phi) is 5.06. The van der Waals surface area contributed by atoms with E-state index in [1.54, 1.807) is 6.20 Å². The van der Waals surface area contributed by atoms with E-state index in [1.807, 2.05) is 29.2 Å². The van der Waals surface area contributed by atoms with Gasteiger partial charge in [0.25, 0.3) is 5.69 Å². The van der Waals surface area contributed by atoms with Gasteiger partial charge in [-0.25, -0.2) is 4.39 Å². The van der Waals surface area contributed by atoms with E-state index in [9.17, 15) is 19.8 Å². The second-order valence-corrected chi connectivity index (χ2v) is 6.86. The molecule has 152 valence electrons. The third kappa shape index (κ3) is 3.33. The number of halogens is 1. The lowest BCUT2D eigenvalue weighted by atomic mass is 10.1. The maximum atomic E-state index is 14.0. The van der Waals surface area contributed by atoms with Crippen molar-refractivity contribution in [3.8, 4) is 11.8 Å². The number of methoxy groups -OCH3 is 1. The fraction of sp³-hybridized carbons (Fsp3) is 0.238. The van der Waals surface area contributed by atoms with Crippen LogP contribution in [0.5, 0.6) is 5.75 Å². The highest BCUT2D eigenvalue weighted by atomic mass is 19.1. The zero-order valence-electron chi connectivity index (χ0n) is 16.2. The van der Waals surface area contributed by atoms with E-state index in [2.05, 4.69) is 16.0 Å². The van der Waals surface area contributed by atoms with Crippen LogP contribution in [0.25, 0.3) is 10.9 Å². The largest absolute Gasteiger partial charge is 0.494 e. The molecule has 1 saturated heterocycles. The Balaban J connectivity index is 1.66. The molecule has 1 fully saturated rings. The summed E-state index contributed by atoms with van der Waals surface area (Å²) in [5.41, 5.74) is 2.12. The summed E-state index contributed by atoms with van der Waals surface area (Å²) < 4.78 is 19.0. The van der Waals surface area contributed by atoms with Crippen LogP contribution in [-0.4, -0.2) is 43.2 Å². The van der Waals surface area contributed by atoms with Crippen LogP contribution >= 0.6 is 0 Å². The first-order valence-electron chi connectivity index (χ1n) is 9.33. The maximum absolute atomic E-state index is 14.0. The van der Waals surface area contributed by atoms with Gasteiger partial charge in [0, 0.05) is 43.8 Å². The normalized spacial score (nSPS) is 13.9. The number of pyridine rings is 1. The van der Waals surface area contributed by atoms with E-state index in [0.717, 1.165) is 22.7 Å². The molecule has 2 aromatic carbocycles. The SMILES string of the molecule is COc1cc(N2CCN(c3c(C#N)cnc4ccccc34)CC2)c([N+](=O)[O-])cc1F. The van der Waals surface area contributed by atoms with Gasteiger partial charge >= 0.3 is 0 Å². The molecule has 1 aliphatic heterocycles. The zero-order valence-corrected chi connectivity index (χ0v) is 16.2. The smallest absolute Gasteiger partial charge is 0.295 e. The third-order valence-corrected chi connectivity index (χ3v) is 5.25. The van der Waals surface area contributed by atoms with Gasteiger partial charge in [-0.2, -0.15) is 5.26 Å². The molecule has 0 radical (unpaired) electrons. The van der Waals surface area contributed by atoms with Crippen molar-refractivity contribution in [1.82, 2.24) is 4.98 Å². The Morgan fingerprint density at radius 3 is 2.57 bits per heavy atom. The van der Waals surface area contributed by atoms with Gasteiger partial charge in [0.05, 0.1) is 34.9 Å². The molecule has 0 saturated carbocycles. The Hall–Kier alpha value is -3.93. The second-order valence-electron chi connectivity index (χ2n) is 6.86. The Labute approximate surface area is 171 Å². The van der Waals surface area contributed by atoms with Crippen molar-refractivity contribution < 1.29 is 14.1 Å². The van der Waals surface area contributed by atoms with Crippen LogP contribution in [0.1, 0.15) is 5.56 Å². The fourth-order valence-electron chi connectivity index (χ4n) is 3.81. The number of para-hydroxylation sites is 1. The highest BCUT2D eigenvalue weighted by Crippen LogP contribution is 2.36. The van der Waals surface area contributed by atoms with E-state index in [4.69, 9.17) is 4.74 Å². The number of piperazine rings is 1. The topological polar surface area (TPSA) is 95.5 Å². The summed E-state index contributed by atoms with van der Waals surface area (Å²) in [6, 6.07) is 12.1. The van der Waals surface area contributed by atoms with Crippen LogP contribution in [0.4, 0.5) is 21.5 Å². The number of hydrogen-bond acceptors (Lipinski definition) is 7. The van der Waals surface area contributed by atoms with Gasteiger partial charge in [0.1, 0.15) is 11.8 Å². The molecule has 30 heavy (non-hydrogen) atoms. The molecule has 8 nitrogen and oxygen atoms in total. The highest BCUT2D eigenvalue weighted by Gasteiger charge is 2.28.